The number of anilines is 1. The van der Waals surface area contributed by atoms with Gasteiger partial charge < -0.3 is 5.73 Å². The van der Waals surface area contributed by atoms with E-state index in [2.05, 4.69) is 35.8 Å². The van der Waals surface area contributed by atoms with Crippen LogP contribution < -0.4 is 11.2 Å². The van der Waals surface area contributed by atoms with Gasteiger partial charge in [-0.1, -0.05) is 30.7 Å². The van der Waals surface area contributed by atoms with Crippen LogP contribution in [0.25, 0.3) is 5.82 Å². The number of nitrogens with zero attached hydrogens (tertiary/aromatic N) is 7. The second-order valence-electron chi connectivity index (χ2n) is 5.85. The number of nitrogen functional groups attached to an aromatic ring is 1. The maximum Gasteiger partial charge on any atom is 0.293 e. The minimum atomic E-state index is -0.516. The fourth-order valence-electron chi connectivity index (χ4n) is 2.49. The number of carbonyl (C=O) groups excluding carboxylic acids is 1. The molecule has 2 heterocycles. The summed E-state index contributed by atoms with van der Waals surface area (Å²) in [5.74, 6) is -0.297. The topological polar surface area (TPSA) is 161 Å². The van der Waals surface area contributed by atoms with E-state index in [4.69, 9.17) is 11.0 Å². The van der Waals surface area contributed by atoms with Crippen LogP contribution in [0.4, 0.5) is 5.82 Å². The highest BCUT2D eigenvalue weighted by Crippen LogP contribution is 2.17. The van der Waals surface area contributed by atoms with Crippen molar-refractivity contribution in [2.24, 2.45) is 5.10 Å². The average molecular weight is 379 g/mol. The lowest BCUT2D eigenvalue weighted by Gasteiger charge is -2.05. The molecule has 3 rings (SSSR count). The molecule has 0 spiro atoms. The van der Waals surface area contributed by atoms with E-state index in [1.165, 1.54) is 4.68 Å². The molecule has 0 atom stereocenters. The van der Waals surface area contributed by atoms with Crippen molar-refractivity contribution >= 4 is 17.4 Å². The molecular formula is C17H17N9O2. The van der Waals surface area contributed by atoms with Gasteiger partial charge in [-0.05, 0) is 41.4 Å². The van der Waals surface area contributed by atoms with Crippen LogP contribution in [0.15, 0.2) is 34.0 Å². The van der Waals surface area contributed by atoms with E-state index in [0.717, 1.165) is 12.0 Å². The first-order chi connectivity index (χ1) is 13.5. The Bertz CT molecular complexity index is 1060. The molecule has 1 amide bonds. The molecule has 0 radical (unpaired) electrons. The molecule has 28 heavy (non-hydrogen) atoms. The second kappa shape index (κ2) is 8.09. The first-order valence-electron chi connectivity index (χ1n) is 8.43. The molecule has 0 saturated carbocycles. The number of rotatable bonds is 6. The number of benzene rings is 1. The van der Waals surface area contributed by atoms with Gasteiger partial charge in [0.25, 0.3) is 5.91 Å². The molecule has 0 aliphatic heterocycles. The maximum atomic E-state index is 12.6. The first kappa shape index (κ1) is 18.7. The van der Waals surface area contributed by atoms with Gasteiger partial charge in [0.1, 0.15) is 0 Å². The van der Waals surface area contributed by atoms with E-state index < -0.39 is 5.91 Å². The summed E-state index contributed by atoms with van der Waals surface area (Å²) in [6.07, 6.45) is 1.26. The lowest BCUT2D eigenvalue weighted by molar-refractivity contribution is 0.0948. The second-order valence-corrected chi connectivity index (χ2v) is 5.85. The van der Waals surface area contributed by atoms with Crippen LogP contribution in [-0.2, 0) is 6.42 Å². The number of nitrogens with one attached hydrogen (secondary N) is 1. The normalized spacial score (nSPS) is 11.2. The van der Waals surface area contributed by atoms with Crippen LogP contribution in [0.3, 0.4) is 0 Å². The Morgan fingerprint density at radius 1 is 1.36 bits per heavy atom. The van der Waals surface area contributed by atoms with Crippen molar-refractivity contribution in [1.82, 2.24) is 30.7 Å². The predicted octanol–water partition coefficient (Wildman–Crippen LogP) is 1.21. The zero-order valence-electron chi connectivity index (χ0n) is 15.2. The standard InChI is InChI=1S/C17H17N9O2/c1-3-4-13-14(21-25-26(13)16-15(19)23-28-24-16)17(27)22-20-10(2)12-7-5-11(9-18)6-8-12/h5-8H,3-4H2,1-2H3,(H2,19,23)(H,22,27)/b20-10+. The minimum absolute atomic E-state index is 0.0453. The average Bonchev–Trinajstić information content (AvgIpc) is 3.32. The quantitative estimate of drug-likeness (QED) is 0.477. The molecule has 0 saturated heterocycles. The molecule has 0 fully saturated rings. The van der Waals surface area contributed by atoms with Crippen molar-refractivity contribution in [3.63, 3.8) is 0 Å². The van der Waals surface area contributed by atoms with Crippen LogP contribution in [-0.4, -0.2) is 36.9 Å². The SMILES string of the molecule is CCCc1c(C(=O)N/N=C(\C)c2ccc(C#N)cc2)nnn1-c1nonc1N. The van der Waals surface area contributed by atoms with Crippen molar-refractivity contribution in [1.29, 1.82) is 5.26 Å². The molecular weight excluding hydrogens is 362 g/mol. The molecule has 0 aliphatic rings. The van der Waals surface area contributed by atoms with Crippen molar-refractivity contribution < 1.29 is 9.42 Å². The van der Waals surface area contributed by atoms with Crippen LogP contribution in [0.2, 0.25) is 0 Å². The van der Waals surface area contributed by atoms with Crippen molar-refractivity contribution in [2.75, 3.05) is 5.73 Å². The number of hydrogen-bond acceptors (Lipinski definition) is 9. The number of hydrogen-bond donors (Lipinski definition) is 2. The van der Waals surface area contributed by atoms with Gasteiger partial charge in [-0.2, -0.15) is 15.0 Å². The van der Waals surface area contributed by atoms with E-state index in [1.54, 1.807) is 31.2 Å². The van der Waals surface area contributed by atoms with Gasteiger partial charge in [0.05, 0.1) is 23.0 Å². The molecule has 3 N–H and O–H groups in total. The molecule has 3 aromatic rings. The smallest absolute Gasteiger partial charge is 0.293 e. The van der Waals surface area contributed by atoms with Gasteiger partial charge in [-0.25, -0.2) is 10.1 Å². The van der Waals surface area contributed by atoms with Crippen molar-refractivity contribution in [3.05, 3.63) is 46.8 Å². The van der Waals surface area contributed by atoms with Gasteiger partial charge in [0.15, 0.2) is 5.69 Å². The van der Waals surface area contributed by atoms with Gasteiger partial charge in [-0.3, -0.25) is 4.79 Å². The van der Waals surface area contributed by atoms with Gasteiger partial charge in [0, 0.05) is 0 Å². The number of aromatic nitrogens is 5. The van der Waals surface area contributed by atoms with E-state index in [0.29, 0.717) is 23.4 Å². The Morgan fingerprint density at radius 2 is 2.11 bits per heavy atom. The number of nitrogens with two attached hydrogens (primary N) is 1. The molecule has 0 aliphatic carbocycles. The molecule has 11 heteroatoms. The van der Waals surface area contributed by atoms with E-state index in [-0.39, 0.29) is 17.3 Å². The summed E-state index contributed by atoms with van der Waals surface area (Å²) >= 11 is 0. The number of carbonyl (C=O) groups is 1. The fourth-order valence-corrected chi connectivity index (χ4v) is 2.49. The lowest BCUT2D eigenvalue weighted by atomic mass is 10.1. The zero-order chi connectivity index (χ0) is 20.1. The summed E-state index contributed by atoms with van der Waals surface area (Å²) in [6, 6.07) is 8.91. The monoisotopic (exact) mass is 379 g/mol. The van der Waals surface area contributed by atoms with Crippen LogP contribution in [0.5, 0.6) is 0 Å². The van der Waals surface area contributed by atoms with Gasteiger partial charge in [-0.15, -0.1) is 5.10 Å². The molecule has 142 valence electrons. The Balaban J connectivity index is 1.83. The fraction of sp³-hybridized carbons (Fsp3) is 0.235. The molecule has 0 unspecified atom stereocenters. The Morgan fingerprint density at radius 3 is 2.71 bits per heavy atom. The van der Waals surface area contributed by atoms with Gasteiger partial charge in [0.2, 0.25) is 11.6 Å². The minimum Gasteiger partial charge on any atom is -0.378 e. The number of nitriles is 1. The molecule has 0 bridgehead atoms. The summed E-state index contributed by atoms with van der Waals surface area (Å²) in [4.78, 5) is 12.6. The van der Waals surface area contributed by atoms with Crippen LogP contribution >= 0.6 is 0 Å². The molecule has 11 nitrogen and oxygen atoms in total. The highest BCUT2D eigenvalue weighted by atomic mass is 16.6. The molecule has 1 aromatic carbocycles. The predicted molar refractivity (Wildman–Crippen MR) is 98.5 cm³/mol. The summed E-state index contributed by atoms with van der Waals surface area (Å²) in [6.45, 7) is 3.70. The van der Waals surface area contributed by atoms with Crippen molar-refractivity contribution in [2.45, 2.75) is 26.7 Å². The maximum absolute atomic E-state index is 12.6. The third-order valence-electron chi connectivity index (χ3n) is 3.92. The van der Waals surface area contributed by atoms with Crippen LogP contribution in [0.1, 0.15) is 47.6 Å². The Kier molecular flexibility index (Phi) is 5.40. The van der Waals surface area contributed by atoms with E-state index in [9.17, 15) is 4.79 Å². The highest BCUT2D eigenvalue weighted by molar-refractivity contribution is 6.00. The lowest BCUT2D eigenvalue weighted by Crippen LogP contribution is -2.21. The summed E-state index contributed by atoms with van der Waals surface area (Å²) in [7, 11) is 0. The van der Waals surface area contributed by atoms with E-state index in [1.807, 2.05) is 13.0 Å². The summed E-state index contributed by atoms with van der Waals surface area (Å²) in [5, 5.41) is 28.1. The zero-order valence-corrected chi connectivity index (χ0v) is 15.2. The molecule has 2 aromatic heterocycles. The number of amides is 1. The first-order valence-corrected chi connectivity index (χ1v) is 8.43. The number of hydrazone groups is 1. The van der Waals surface area contributed by atoms with Crippen molar-refractivity contribution in [3.8, 4) is 11.9 Å². The summed E-state index contributed by atoms with van der Waals surface area (Å²) < 4.78 is 5.93. The van der Waals surface area contributed by atoms with Crippen LogP contribution in [0, 0.1) is 11.3 Å². The largest absolute Gasteiger partial charge is 0.378 e. The third kappa shape index (κ3) is 3.70. The highest BCUT2D eigenvalue weighted by Gasteiger charge is 2.23. The summed E-state index contributed by atoms with van der Waals surface area (Å²) in [5.41, 5.74) is 10.7. The van der Waals surface area contributed by atoms with Gasteiger partial charge >= 0.3 is 0 Å². The Labute approximate surface area is 159 Å². The Hall–Kier alpha value is -4.07. The third-order valence-corrected chi connectivity index (χ3v) is 3.92. The van der Waals surface area contributed by atoms with E-state index >= 15 is 0 Å².